The Bertz CT molecular complexity index is 1230. The van der Waals surface area contributed by atoms with Gasteiger partial charge in [-0.15, -0.1) is 5.10 Å². The molecule has 166 valence electrons. The van der Waals surface area contributed by atoms with E-state index in [1.165, 1.54) is 35.0 Å². The van der Waals surface area contributed by atoms with Crippen molar-refractivity contribution < 1.29 is 18.9 Å². The molecule has 0 N–H and O–H groups in total. The first-order valence-electron chi connectivity index (χ1n) is 9.77. The number of nitrogens with zero attached hydrogens (tertiary/aromatic N) is 4. The molecule has 0 spiro atoms. The SMILES string of the molecule is COc1ccc(/C=C2\S/C(=N\N=C\c3ccc([N+](=O)[O-])cc3)N(Cc3ccco3)C2=O)cc1. The fourth-order valence-corrected chi connectivity index (χ4v) is 3.89. The maximum Gasteiger partial charge on any atom is 0.269 e. The topological polar surface area (TPSA) is 111 Å². The van der Waals surface area contributed by atoms with E-state index in [1.54, 1.807) is 43.7 Å². The monoisotopic (exact) mass is 462 g/mol. The summed E-state index contributed by atoms with van der Waals surface area (Å²) in [6, 6.07) is 16.8. The lowest BCUT2D eigenvalue weighted by atomic mass is 10.2. The van der Waals surface area contributed by atoms with E-state index in [-0.39, 0.29) is 18.1 Å². The average molecular weight is 462 g/mol. The number of nitro groups is 1. The van der Waals surface area contributed by atoms with Gasteiger partial charge in [-0.1, -0.05) is 12.1 Å². The van der Waals surface area contributed by atoms with Gasteiger partial charge in [0.1, 0.15) is 11.5 Å². The molecule has 1 fully saturated rings. The van der Waals surface area contributed by atoms with Crippen molar-refractivity contribution in [2.24, 2.45) is 10.2 Å². The van der Waals surface area contributed by atoms with Crippen LogP contribution in [0.2, 0.25) is 0 Å². The molecular formula is C23H18N4O5S. The largest absolute Gasteiger partial charge is 0.497 e. The van der Waals surface area contributed by atoms with E-state index in [1.807, 2.05) is 24.3 Å². The first kappa shape index (κ1) is 22.0. The van der Waals surface area contributed by atoms with E-state index in [2.05, 4.69) is 10.2 Å². The van der Waals surface area contributed by atoms with Crippen molar-refractivity contribution in [1.82, 2.24) is 4.90 Å². The molecule has 0 aliphatic carbocycles. The van der Waals surface area contributed by atoms with Gasteiger partial charge in [-0.05, 0) is 65.4 Å². The molecule has 0 unspecified atom stereocenters. The van der Waals surface area contributed by atoms with Gasteiger partial charge in [0, 0.05) is 12.1 Å². The zero-order valence-electron chi connectivity index (χ0n) is 17.5. The van der Waals surface area contributed by atoms with Crippen molar-refractivity contribution in [1.29, 1.82) is 0 Å². The minimum Gasteiger partial charge on any atom is -0.497 e. The summed E-state index contributed by atoms with van der Waals surface area (Å²) in [6.07, 6.45) is 4.79. The molecular weight excluding hydrogens is 444 g/mol. The zero-order valence-corrected chi connectivity index (χ0v) is 18.3. The number of nitro benzene ring substituents is 1. The first-order chi connectivity index (χ1) is 16.0. The van der Waals surface area contributed by atoms with E-state index in [4.69, 9.17) is 9.15 Å². The molecule has 1 saturated heterocycles. The molecule has 0 bridgehead atoms. The third-order valence-electron chi connectivity index (χ3n) is 4.65. The molecule has 1 aromatic heterocycles. The number of hydrogen-bond acceptors (Lipinski definition) is 8. The van der Waals surface area contributed by atoms with Gasteiger partial charge in [0.15, 0.2) is 5.17 Å². The van der Waals surface area contributed by atoms with Gasteiger partial charge in [0.25, 0.3) is 11.6 Å². The number of hydrogen-bond donors (Lipinski definition) is 0. The number of carbonyl (C=O) groups excluding carboxylic acids is 1. The van der Waals surface area contributed by atoms with Crippen LogP contribution in [0.3, 0.4) is 0 Å². The average Bonchev–Trinajstić information content (AvgIpc) is 3.44. The van der Waals surface area contributed by atoms with Crippen LogP contribution in [-0.2, 0) is 11.3 Å². The molecule has 2 aromatic carbocycles. The quantitative estimate of drug-likeness (QED) is 0.218. The highest BCUT2D eigenvalue weighted by atomic mass is 32.2. The fraction of sp³-hybridized carbons (Fsp3) is 0.0870. The summed E-state index contributed by atoms with van der Waals surface area (Å²) in [6.45, 7) is 0.213. The number of amides is 1. The van der Waals surface area contributed by atoms with Crippen molar-refractivity contribution in [2.45, 2.75) is 6.54 Å². The Morgan fingerprint density at radius 3 is 2.48 bits per heavy atom. The third-order valence-corrected chi connectivity index (χ3v) is 5.65. The molecule has 1 amide bonds. The molecule has 0 atom stereocenters. The number of non-ortho nitro benzene ring substituents is 1. The summed E-state index contributed by atoms with van der Waals surface area (Å²) < 4.78 is 10.6. The number of rotatable bonds is 7. The Balaban J connectivity index is 1.58. The second kappa shape index (κ2) is 9.96. The lowest BCUT2D eigenvalue weighted by Gasteiger charge is -2.12. The lowest BCUT2D eigenvalue weighted by molar-refractivity contribution is -0.384. The van der Waals surface area contributed by atoms with Crippen LogP contribution in [0.25, 0.3) is 6.08 Å². The number of thioether (sulfide) groups is 1. The Morgan fingerprint density at radius 1 is 1.12 bits per heavy atom. The molecule has 9 nitrogen and oxygen atoms in total. The normalized spacial score (nSPS) is 16.3. The highest BCUT2D eigenvalue weighted by Gasteiger charge is 2.34. The molecule has 1 aliphatic rings. The van der Waals surface area contributed by atoms with Gasteiger partial charge in [-0.3, -0.25) is 19.8 Å². The standard InChI is InChI=1S/C23H18N4O5S/c1-31-19-10-6-16(7-11-19)13-21-22(28)26(15-20-3-2-12-32-20)23(33-21)25-24-14-17-4-8-18(9-5-17)27(29)30/h2-14H,15H2,1H3/b21-13-,24-14+,25-23-. The summed E-state index contributed by atoms with van der Waals surface area (Å²) in [5.74, 6) is 1.13. The Labute approximate surface area is 193 Å². The van der Waals surface area contributed by atoms with Crippen LogP contribution in [0, 0.1) is 10.1 Å². The molecule has 3 aromatic rings. The predicted molar refractivity (Wildman–Crippen MR) is 126 cm³/mol. The second-order valence-electron chi connectivity index (χ2n) is 6.83. The van der Waals surface area contributed by atoms with Crippen molar-refractivity contribution in [3.05, 3.63) is 98.8 Å². The molecule has 10 heteroatoms. The van der Waals surface area contributed by atoms with Crippen LogP contribution >= 0.6 is 11.8 Å². The van der Waals surface area contributed by atoms with Crippen molar-refractivity contribution in [2.75, 3.05) is 7.11 Å². The van der Waals surface area contributed by atoms with Crippen LogP contribution in [0.5, 0.6) is 5.75 Å². The second-order valence-corrected chi connectivity index (χ2v) is 7.84. The molecule has 2 heterocycles. The molecule has 1 aliphatic heterocycles. The van der Waals surface area contributed by atoms with E-state index in [9.17, 15) is 14.9 Å². The Morgan fingerprint density at radius 2 is 1.85 bits per heavy atom. The summed E-state index contributed by atoms with van der Waals surface area (Å²) >= 11 is 1.21. The maximum atomic E-state index is 13.1. The van der Waals surface area contributed by atoms with Gasteiger partial charge in [-0.25, -0.2) is 0 Å². The van der Waals surface area contributed by atoms with E-state index >= 15 is 0 Å². The minimum atomic E-state index is -0.467. The van der Waals surface area contributed by atoms with Gasteiger partial charge < -0.3 is 9.15 Å². The highest BCUT2D eigenvalue weighted by Crippen LogP contribution is 2.34. The molecule has 0 radical (unpaired) electrons. The summed E-state index contributed by atoms with van der Waals surface area (Å²) in [5, 5.41) is 19.5. The van der Waals surface area contributed by atoms with Gasteiger partial charge >= 0.3 is 0 Å². The van der Waals surface area contributed by atoms with Gasteiger partial charge in [0.2, 0.25) is 0 Å². The summed E-state index contributed by atoms with van der Waals surface area (Å²) in [4.78, 5) is 25.4. The van der Waals surface area contributed by atoms with E-state index < -0.39 is 4.92 Å². The summed E-state index contributed by atoms with van der Waals surface area (Å²) in [5.41, 5.74) is 1.49. The van der Waals surface area contributed by atoms with E-state index in [0.717, 1.165) is 11.3 Å². The maximum absolute atomic E-state index is 13.1. The predicted octanol–water partition coefficient (Wildman–Crippen LogP) is 4.70. The number of furan rings is 1. The van der Waals surface area contributed by atoms with Crippen LogP contribution in [0.15, 0.2) is 86.5 Å². The van der Waals surface area contributed by atoms with E-state index in [0.29, 0.717) is 21.4 Å². The van der Waals surface area contributed by atoms with Crippen molar-refractivity contribution in [3.8, 4) is 5.75 Å². The van der Waals surface area contributed by atoms with Gasteiger partial charge in [-0.2, -0.15) is 5.10 Å². The van der Waals surface area contributed by atoms with Crippen molar-refractivity contribution in [3.63, 3.8) is 0 Å². The number of benzene rings is 2. The smallest absolute Gasteiger partial charge is 0.269 e. The molecule has 0 saturated carbocycles. The van der Waals surface area contributed by atoms with Crippen molar-refractivity contribution >= 4 is 40.8 Å². The van der Waals surface area contributed by atoms with Gasteiger partial charge in [0.05, 0.1) is 36.0 Å². The molecule has 4 rings (SSSR count). The Kier molecular flexibility index (Phi) is 6.65. The fourth-order valence-electron chi connectivity index (χ4n) is 2.96. The summed E-state index contributed by atoms with van der Waals surface area (Å²) in [7, 11) is 1.59. The van der Waals surface area contributed by atoms with Crippen LogP contribution < -0.4 is 4.74 Å². The highest BCUT2D eigenvalue weighted by molar-refractivity contribution is 8.18. The number of amidine groups is 1. The Hall–Kier alpha value is -4.18. The minimum absolute atomic E-state index is 0.00616. The number of ether oxygens (including phenoxy) is 1. The molecule has 33 heavy (non-hydrogen) atoms. The van der Waals surface area contributed by atoms with Crippen LogP contribution in [0.4, 0.5) is 5.69 Å². The number of methoxy groups -OCH3 is 1. The number of carbonyl (C=O) groups is 1. The lowest BCUT2D eigenvalue weighted by Crippen LogP contribution is -2.28. The zero-order chi connectivity index (χ0) is 23.2. The first-order valence-corrected chi connectivity index (χ1v) is 10.6. The third kappa shape index (κ3) is 5.36. The van der Waals surface area contributed by atoms with Crippen LogP contribution in [0.1, 0.15) is 16.9 Å². The van der Waals surface area contributed by atoms with Crippen LogP contribution in [-0.4, -0.2) is 34.2 Å².